The van der Waals surface area contributed by atoms with Crippen LogP contribution in [0.15, 0.2) is 24.5 Å². The van der Waals surface area contributed by atoms with Crippen LogP contribution in [-0.2, 0) is 4.74 Å². The van der Waals surface area contributed by atoms with Crippen LogP contribution in [0.3, 0.4) is 0 Å². The number of rotatable bonds is 2. The molecule has 3 rings (SSSR count). The molecule has 2 N–H and O–H groups in total. The molecule has 0 aliphatic carbocycles. The highest BCUT2D eigenvalue weighted by atomic mass is 16.5. The highest BCUT2D eigenvalue weighted by Gasteiger charge is 2.17. The van der Waals surface area contributed by atoms with E-state index in [1.54, 1.807) is 0 Å². The first kappa shape index (κ1) is 11.7. The number of nitrogens with zero attached hydrogens (tertiary/aromatic N) is 2. The smallest absolute Gasteiger partial charge is 0.135 e. The van der Waals surface area contributed by atoms with Crippen LogP contribution in [0.4, 0.5) is 0 Å². The molecule has 1 unspecified atom stereocenters. The second kappa shape index (κ2) is 4.71. The molecule has 1 aliphatic rings. The van der Waals surface area contributed by atoms with Crippen molar-refractivity contribution in [3.63, 3.8) is 0 Å². The van der Waals surface area contributed by atoms with E-state index in [4.69, 9.17) is 10.5 Å². The highest BCUT2D eigenvalue weighted by Crippen LogP contribution is 2.27. The summed E-state index contributed by atoms with van der Waals surface area (Å²) in [6, 6.07) is 6.29. The van der Waals surface area contributed by atoms with Gasteiger partial charge in [0.15, 0.2) is 0 Å². The fourth-order valence-corrected chi connectivity index (χ4v) is 2.50. The number of aromatic nitrogens is 2. The molecular weight excluding hydrogens is 226 g/mol. The van der Waals surface area contributed by atoms with E-state index in [2.05, 4.69) is 27.8 Å². The Bertz CT molecular complexity index is 541. The summed E-state index contributed by atoms with van der Waals surface area (Å²) < 4.78 is 7.94. The van der Waals surface area contributed by atoms with E-state index in [0.29, 0.717) is 0 Å². The monoisotopic (exact) mass is 245 g/mol. The van der Waals surface area contributed by atoms with Crippen LogP contribution in [0.2, 0.25) is 0 Å². The summed E-state index contributed by atoms with van der Waals surface area (Å²) in [5, 5.41) is 0. The molecule has 0 amide bonds. The summed E-state index contributed by atoms with van der Waals surface area (Å²) in [7, 11) is 0. The Morgan fingerprint density at radius 2 is 2.33 bits per heavy atom. The minimum absolute atomic E-state index is 0.0467. The third-order valence-electron chi connectivity index (χ3n) is 3.59. The first-order chi connectivity index (χ1) is 8.75. The molecule has 4 heteroatoms. The van der Waals surface area contributed by atoms with E-state index in [1.807, 2.05) is 13.3 Å². The van der Waals surface area contributed by atoms with E-state index in [0.717, 1.165) is 36.0 Å². The molecule has 1 fully saturated rings. The molecule has 1 aromatic carbocycles. The molecule has 0 saturated carbocycles. The first-order valence-corrected chi connectivity index (χ1v) is 6.59. The van der Waals surface area contributed by atoms with Crippen molar-refractivity contribution < 1.29 is 4.74 Å². The largest absolute Gasteiger partial charge is 0.358 e. The number of hydrogen-bond donors (Lipinski definition) is 1. The van der Waals surface area contributed by atoms with E-state index in [9.17, 15) is 0 Å². The summed E-state index contributed by atoms with van der Waals surface area (Å²) in [6.07, 6.45) is 5.48. The second-order valence-electron chi connectivity index (χ2n) is 5.01. The Morgan fingerprint density at radius 3 is 3.06 bits per heavy atom. The first-order valence-electron chi connectivity index (χ1n) is 6.59. The topological polar surface area (TPSA) is 53.1 Å². The third kappa shape index (κ3) is 2.02. The number of hydrogen-bond acceptors (Lipinski definition) is 3. The molecule has 18 heavy (non-hydrogen) atoms. The summed E-state index contributed by atoms with van der Waals surface area (Å²) in [5.41, 5.74) is 9.15. The zero-order valence-electron chi connectivity index (χ0n) is 10.7. The van der Waals surface area contributed by atoms with Gasteiger partial charge in [0.2, 0.25) is 0 Å². The van der Waals surface area contributed by atoms with Gasteiger partial charge < -0.3 is 15.0 Å². The van der Waals surface area contributed by atoms with Gasteiger partial charge in [-0.05, 0) is 43.9 Å². The molecule has 1 aliphatic heterocycles. The predicted octanol–water partition coefficient (Wildman–Crippen LogP) is 2.76. The van der Waals surface area contributed by atoms with Crippen molar-refractivity contribution in [3.8, 4) is 0 Å². The van der Waals surface area contributed by atoms with Gasteiger partial charge in [-0.2, -0.15) is 0 Å². The van der Waals surface area contributed by atoms with Crippen LogP contribution in [0.25, 0.3) is 11.0 Å². The standard InChI is InChI=1S/C14H19N3O/c1-10(15)11-5-6-13-12(8-11)16-9-17(13)14-4-2-3-7-18-14/h5-6,8-10,14H,2-4,7,15H2,1H3/t10-,14?/m0/s1. The molecule has 96 valence electrons. The van der Waals surface area contributed by atoms with Crippen LogP contribution in [0.5, 0.6) is 0 Å². The van der Waals surface area contributed by atoms with Crippen LogP contribution in [0, 0.1) is 0 Å². The molecule has 4 nitrogen and oxygen atoms in total. The quantitative estimate of drug-likeness (QED) is 0.885. The van der Waals surface area contributed by atoms with E-state index in [1.165, 1.54) is 6.42 Å². The number of nitrogens with two attached hydrogens (primary N) is 1. The third-order valence-corrected chi connectivity index (χ3v) is 3.59. The summed E-state index contributed by atoms with van der Waals surface area (Å²) >= 11 is 0. The van der Waals surface area contributed by atoms with Crippen LogP contribution in [-0.4, -0.2) is 16.2 Å². The van der Waals surface area contributed by atoms with Gasteiger partial charge in [0, 0.05) is 12.6 Å². The van der Waals surface area contributed by atoms with E-state index < -0.39 is 0 Å². The van der Waals surface area contributed by atoms with Crippen LogP contribution >= 0.6 is 0 Å². The van der Waals surface area contributed by atoms with Gasteiger partial charge in [-0.15, -0.1) is 0 Å². The maximum atomic E-state index is 5.90. The molecule has 2 atom stereocenters. The van der Waals surface area contributed by atoms with Crippen molar-refractivity contribution in [1.82, 2.24) is 9.55 Å². The lowest BCUT2D eigenvalue weighted by Gasteiger charge is -2.24. The average molecular weight is 245 g/mol. The number of imidazole rings is 1. The van der Waals surface area contributed by atoms with Crippen molar-refractivity contribution in [2.24, 2.45) is 5.73 Å². The Balaban J connectivity index is 1.98. The minimum Gasteiger partial charge on any atom is -0.358 e. The Labute approximate surface area is 107 Å². The van der Waals surface area contributed by atoms with E-state index in [-0.39, 0.29) is 12.3 Å². The average Bonchev–Trinajstić information content (AvgIpc) is 2.82. The minimum atomic E-state index is 0.0467. The van der Waals surface area contributed by atoms with Gasteiger partial charge in [0.1, 0.15) is 6.23 Å². The Morgan fingerprint density at radius 1 is 1.44 bits per heavy atom. The summed E-state index contributed by atoms with van der Waals surface area (Å²) in [4.78, 5) is 4.46. The number of fused-ring (bicyclic) bond motifs is 1. The van der Waals surface area contributed by atoms with Crippen LogP contribution < -0.4 is 5.73 Å². The molecule has 0 bridgehead atoms. The zero-order valence-corrected chi connectivity index (χ0v) is 10.7. The molecule has 1 aromatic heterocycles. The van der Waals surface area contributed by atoms with Gasteiger partial charge in [-0.3, -0.25) is 0 Å². The maximum Gasteiger partial charge on any atom is 0.135 e. The Hall–Kier alpha value is -1.39. The van der Waals surface area contributed by atoms with Crippen molar-refractivity contribution in [2.45, 2.75) is 38.5 Å². The normalized spacial score (nSPS) is 22.2. The Kier molecular flexibility index (Phi) is 3.06. The lowest BCUT2D eigenvalue weighted by atomic mass is 10.1. The van der Waals surface area contributed by atoms with Crippen molar-refractivity contribution in [2.75, 3.05) is 6.61 Å². The molecule has 2 aromatic rings. The lowest BCUT2D eigenvalue weighted by Crippen LogP contribution is -2.17. The van der Waals surface area contributed by atoms with Gasteiger partial charge in [-0.1, -0.05) is 6.07 Å². The SMILES string of the molecule is C[C@H](N)c1ccc2c(c1)ncn2C1CCCCO1. The molecular formula is C14H19N3O. The van der Waals surface area contributed by atoms with Crippen LogP contribution in [0.1, 0.15) is 44.0 Å². The number of ether oxygens (including phenoxy) is 1. The van der Waals surface area contributed by atoms with Gasteiger partial charge in [0.25, 0.3) is 0 Å². The highest BCUT2D eigenvalue weighted by molar-refractivity contribution is 5.76. The van der Waals surface area contributed by atoms with Crippen molar-refractivity contribution >= 4 is 11.0 Å². The maximum absolute atomic E-state index is 5.90. The van der Waals surface area contributed by atoms with Crippen molar-refractivity contribution in [3.05, 3.63) is 30.1 Å². The molecule has 0 spiro atoms. The molecule has 0 radical (unpaired) electrons. The number of benzene rings is 1. The lowest BCUT2D eigenvalue weighted by molar-refractivity contribution is -0.0295. The second-order valence-corrected chi connectivity index (χ2v) is 5.01. The van der Waals surface area contributed by atoms with Gasteiger partial charge in [0.05, 0.1) is 17.4 Å². The fraction of sp³-hybridized carbons (Fsp3) is 0.500. The summed E-state index contributed by atoms with van der Waals surface area (Å²) in [5.74, 6) is 0. The van der Waals surface area contributed by atoms with E-state index >= 15 is 0 Å². The summed E-state index contributed by atoms with van der Waals surface area (Å²) in [6.45, 7) is 2.84. The van der Waals surface area contributed by atoms with Gasteiger partial charge in [-0.25, -0.2) is 4.98 Å². The zero-order chi connectivity index (χ0) is 12.5. The van der Waals surface area contributed by atoms with Crippen molar-refractivity contribution in [1.29, 1.82) is 0 Å². The van der Waals surface area contributed by atoms with Gasteiger partial charge >= 0.3 is 0 Å². The predicted molar refractivity (Wildman–Crippen MR) is 71.2 cm³/mol. The molecule has 1 saturated heterocycles. The molecule has 2 heterocycles. The fourth-order valence-electron chi connectivity index (χ4n) is 2.50.